The van der Waals surface area contributed by atoms with Crippen molar-refractivity contribution in [2.45, 2.75) is 37.1 Å². The molecule has 0 fully saturated rings. The van der Waals surface area contributed by atoms with E-state index in [9.17, 15) is 9.18 Å². The predicted molar refractivity (Wildman–Crippen MR) is 130 cm³/mol. The van der Waals surface area contributed by atoms with Gasteiger partial charge in [-0.3, -0.25) is 4.79 Å². The first-order valence-electron chi connectivity index (χ1n) is 9.39. The van der Waals surface area contributed by atoms with E-state index in [4.69, 9.17) is 0 Å². The number of anilines is 1. The number of amides is 1. The number of carbonyl (C=O) groups is 1. The van der Waals surface area contributed by atoms with Crippen LogP contribution in [0, 0.1) is 16.3 Å². The van der Waals surface area contributed by atoms with Crippen LogP contribution in [0.4, 0.5) is 10.1 Å². The lowest BCUT2D eigenvalue weighted by Gasteiger charge is -2.09. The number of hydrogen-bond acceptors (Lipinski definition) is 5. The third-order valence-corrected chi connectivity index (χ3v) is 6.96. The fourth-order valence-corrected chi connectivity index (χ4v) is 5.17. The third kappa shape index (κ3) is 6.45. The summed E-state index contributed by atoms with van der Waals surface area (Å²) in [4.78, 5) is 12.4. The van der Waals surface area contributed by atoms with Crippen LogP contribution < -0.4 is 5.32 Å². The highest BCUT2D eigenvalue weighted by molar-refractivity contribution is 14.1. The van der Waals surface area contributed by atoms with E-state index in [0.29, 0.717) is 5.75 Å². The first-order chi connectivity index (χ1) is 14.5. The molecular weight excluding hydrogens is 534 g/mol. The largest absolute Gasteiger partial charge is 0.325 e. The van der Waals surface area contributed by atoms with Crippen LogP contribution >= 0.6 is 46.1 Å². The van der Waals surface area contributed by atoms with Crippen molar-refractivity contribution in [2.24, 2.45) is 0 Å². The normalized spacial score (nSPS) is 10.9. The van der Waals surface area contributed by atoms with Gasteiger partial charge in [0, 0.05) is 21.6 Å². The van der Waals surface area contributed by atoms with Crippen LogP contribution in [0.25, 0.3) is 0 Å². The number of rotatable bonds is 9. The minimum absolute atomic E-state index is 0.0674. The molecule has 0 aliphatic carbocycles. The summed E-state index contributed by atoms with van der Waals surface area (Å²) in [5, 5.41) is 12.3. The van der Waals surface area contributed by atoms with Gasteiger partial charge in [-0.15, -0.1) is 22.0 Å². The first kappa shape index (κ1) is 23.1. The molecule has 5 nitrogen and oxygen atoms in total. The van der Waals surface area contributed by atoms with Gasteiger partial charge in [-0.25, -0.2) is 4.39 Å². The standard InChI is InChI=1S/C21H22FIN4OS2/c1-3-27-19(12-29-11-15-4-6-16(22)7-5-15)25-26-21(27)30-13-20(28)24-18-9-8-17(23)10-14(18)2/h4-10H,3,11-13H2,1-2H3,(H,24,28). The quantitative estimate of drug-likeness (QED) is 0.278. The van der Waals surface area contributed by atoms with E-state index in [1.165, 1.54) is 23.9 Å². The molecule has 1 heterocycles. The SMILES string of the molecule is CCn1c(CSCc2ccc(F)cc2)nnc1SCC(=O)Nc1ccc(I)cc1C. The molecule has 1 N–H and O–H groups in total. The molecule has 0 unspecified atom stereocenters. The Morgan fingerprint density at radius 3 is 2.63 bits per heavy atom. The van der Waals surface area contributed by atoms with Crippen LogP contribution in [0.1, 0.15) is 23.9 Å². The summed E-state index contributed by atoms with van der Waals surface area (Å²) in [6.45, 7) is 4.75. The molecule has 0 aliphatic rings. The molecule has 0 bridgehead atoms. The molecule has 3 aromatic rings. The zero-order valence-electron chi connectivity index (χ0n) is 16.7. The lowest BCUT2D eigenvalue weighted by atomic mass is 10.2. The maximum Gasteiger partial charge on any atom is 0.234 e. The Kier molecular flexibility index (Phi) is 8.58. The highest BCUT2D eigenvalue weighted by Crippen LogP contribution is 2.23. The number of benzene rings is 2. The van der Waals surface area contributed by atoms with E-state index in [0.717, 1.165) is 43.7 Å². The maximum atomic E-state index is 13.0. The summed E-state index contributed by atoms with van der Waals surface area (Å²) >= 11 is 5.34. The van der Waals surface area contributed by atoms with Gasteiger partial charge in [0.25, 0.3) is 0 Å². The molecule has 3 rings (SSSR count). The zero-order chi connectivity index (χ0) is 21.5. The second-order valence-corrected chi connectivity index (χ2v) is 9.73. The van der Waals surface area contributed by atoms with E-state index in [-0.39, 0.29) is 17.5 Å². The third-order valence-electron chi connectivity index (χ3n) is 4.32. The Bertz CT molecular complexity index is 1010. The Morgan fingerprint density at radius 1 is 1.17 bits per heavy atom. The van der Waals surface area contributed by atoms with Crippen LogP contribution in [0.3, 0.4) is 0 Å². The van der Waals surface area contributed by atoms with E-state index in [1.54, 1.807) is 23.9 Å². The van der Waals surface area contributed by atoms with Crippen molar-refractivity contribution in [3.8, 4) is 0 Å². The van der Waals surface area contributed by atoms with Crippen LogP contribution in [0.15, 0.2) is 47.6 Å². The molecule has 0 aliphatic heterocycles. The van der Waals surface area contributed by atoms with Crippen molar-refractivity contribution in [3.63, 3.8) is 0 Å². The molecule has 0 radical (unpaired) electrons. The Hall–Kier alpha value is -1.59. The molecule has 2 aromatic carbocycles. The van der Waals surface area contributed by atoms with Crippen LogP contribution in [0.2, 0.25) is 0 Å². The lowest BCUT2D eigenvalue weighted by molar-refractivity contribution is -0.113. The minimum Gasteiger partial charge on any atom is -0.325 e. The average Bonchev–Trinajstić information content (AvgIpc) is 3.12. The molecule has 0 saturated carbocycles. The fraction of sp³-hybridized carbons (Fsp3) is 0.286. The number of hydrogen-bond donors (Lipinski definition) is 1. The van der Waals surface area contributed by atoms with E-state index >= 15 is 0 Å². The molecule has 0 saturated heterocycles. The average molecular weight is 556 g/mol. The number of thioether (sulfide) groups is 2. The topological polar surface area (TPSA) is 59.8 Å². The number of carbonyl (C=O) groups excluding carboxylic acids is 1. The van der Waals surface area contributed by atoms with E-state index in [2.05, 4.69) is 38.1 Å². The summed E-state index contributed by atoms with van der Waals surface area (Å²) in [5.74, 6) is 2.33. The summed E-state index contributed by atoms with van der Waals surface area (Å²) in [7, 11) is 0. The summed E-state index contributed by atoms with van der Waals surface area (Å²) in [5.41, 5.74) is 2.94. The first-order valence-corrected chi connectivity index (χ1v) is 12.6. The smallest absolute Gasteiger partial charge is 0.234 e. The van der Waals surface area contributed by atoms with Gasteiger partial charge < -0.3 is 9.88 Å². The molecule has 30 heavy (non-hydrogen) atoms. The van der Waals surface area contributed by atoms with E-state index in [1.807, 2.05) is 36.6 Å². The Labute approximate surface area is 197 Å². The molecule has 1 amide bonds. The van der Waals surface area contributed by atoms with Crippen molar-refractivity contribution < 1.29 is 9.18 Å². The summed E-state index contributed by atoms with van der Waals surface area (Å²) < 4.78 is 16.2. The van der Waals surface area contributed by atoms with Gasteiger partial charge in [0.05, 0.1) is 11.5 Å². The van der Waals surface area contributed by atoms with Crippen molar-refractivity contribution in [3.05, 3.63) is 68.8 Å². The fourth-order valence-electron chi connectivity index (χ4n) is 2.77. The van der Waals surface area contributed by atoms with Crippen molar-refractivity contribution in [1.29, 1.82) is 0 Å². The van der Waals surface area contributed by atoms with Crippen LogP contribution in [-0.2, 0) is 22.8 Å². The monoisotopic (exact) mass is 556 g/mol. The minimum atomic E-state index is -0.225. The van der Waals surface area contributed by atoms with Gasteiger partial charge in [0.2, 0.25) is 5.91 Å². The highest BCUT2D eigenvalue weighted by atomic mass is 127. The number of nitrogens with one attached hydrogen (secondary N) is 1. The van der Waals surface area contributed by atoms with Gasteiger partial charge in [-0.1, -0.05) is 23.9 Å². The molecule has 9 heteroatoms. The van der Waals surface area contributed by atoms with Crippen LogP contribution in [-0.4, -0.2) is 26.4 Å². The molecule has 0 atom stereocenters. The maximum absolute atomic E-state index is 13.0. The van der Waals surface area contributed by atoms with Gasteiger partial charge in [-0.05, 0) is 77.9 Å². The number of halogens is 2. The van der Waals surface area contributed by atoms with Gasteiger partial charge in [-0.2, -0.15) is 0 Å². The van der Waals surface area contributed by atoms with Crippen molar-refractivity contribution >= 4 is 57.7 Å². The van der Waals surface area contributed by atoms with E-state index < -0.39 is 0 Å². The molecular formula is C21H22FIN4OS2. The zero-order valence-corrected chi connectivity index (χ0v) is 20.5. The second kappa shape index (κ2) is 11.1. The summed E-state index contributed by atoms with van der Waals surface area (Å²) in [6, 6.07) is 12.5. The molecule has 1 aromatic heterocycles. The summed E-state index contributed by atoms with van der Waals surface area (Å²) in [6.07, 6.45) is 0. The number of aryl methyl sites for hydroxylation is 1. The lowest BCUT2D eigenvalue weighted by Crippen LogP contribution is -2.15. The Morgan fingerprint density at radius 2 is 1.93 bits per heavy atom. The number of nitrogens with zero attached hydrogens (tertiary/aromatic N) is 3. The van der Waals surface area contributed by atoms with Crippen LogP contribution in [0.5, 0.6) is 0 Å². The van der Waals surface area contributed by atoms with Gasteiger partial charge >= 0.3 is 0 Å². The van der Waals surface area contributed by atoms with Crippen molar-refractivity contribution in [1.82, 2.24) is 14.8 Å². The predicted octanol–water partition coefficient (Wildman–Crippen LogP) is 5.51. The number of aromatic nitrogens is 3. The highest BCUT2D eigenvalue weighted by Gasteiger charge is 2.14. The Balaban J connectivity index is 1.53. The second-order valence-electron chi connectivity index (χ2n) is 6.56. The van der Waals surface area contributed by atoms with Gasteiger partial charge in [0.1, 0.15) is 11.6 Å². The molecule has 158 valence electrons. The molecule has 0 spiro atoms. The van der Waals surface area contributed by atoms with Crippen molar-refractivity contribution in [2.75, 3.05) is 11.1 Å². The van der Waals surface area contributed by atoms with Gasteiger partial charge in [0.15, 0.2) is 5.16 Å².